The molecule has 2 N–H and O–H groups in total. The van der Waals surface area contributed by atoms with Crippen molar-refractivity contribution in [1.29, 1.82) is 0 Å². The first-order valence-electron chi connectivity index (χ1n) is 10.9. The molecular weight excluding hydrogens is 438 g/mol. The number of hydrogen-bond acceptors (Lipinski definition) is 6. The van der Waals surface area contributed by atoms with Crippen LogP contribution in [0.1, 0.15) is 30.4 Å². The number of esters is 1. The van der Waals surface area contributed by atoms with Crippen molar-refractivity contribution in [3.05, 3.63) is 96.1 Å². The molecule has 0 spiro atoms. The molecule has 3 aromatic rings. The topological polar surface area (TPSA) is 95.7 Å². The maximum Gasteiger partial charge on any atom is 0.339 e. The van der Waals surface area contributed by atoms with E-state index < -0.39 is 10.1 Å². The summed E-state index contributed by atoms with van der Waals surface area (Å²) in [6, 6.07) is 24.9. The highest BCUT2D eigenvalue weighted by Crippen LogP contribution is 2.32. The largest absolute Gasteiger partial charge is 0.466 e. The molecule has 0 bridgehead atoms. The van der Waals surface area contributed by atoms with Crippen molar-refractivity contribution in [2.24, 2.45) is 11.7 Å². The fourth-order valence-electron chi connectivity index (χ4n) is 3.78. The van der Waals surface area contributed by atoms with E-state index in [1.165, 1.54) is 12.1 Å². The number of carbonyl (C=O) groups excluding carboxylic acids is 1. The molecule has 2 atom stereocenters. The van der Waals surface area contributed by atoms with E-state index in [-0.39, 0.29) is 34.9 Å². The Kier molecular flexibility index (Phi) is 8.63. The first-order chi connectivity index (χ1) is 15.9. The Bertz CT molecular complexity index is 1120. The average molecular weight is 468 g/mol. The number of carbonyl (C=O) groups is 1. The quantitative estimate of drug-likeness (QED) is 0.334. The van der Waals surface area contributed by atoms with E-state index in [1.54, 1.807) is 37.3 Å². The van der Waals surface area contributed by atoms with E-state index >= 15 is 0 Å². The van der Waals surface area contributed by atoms with E-state index in [2.05, 4.69) is 0 Å². The van der Waals surface area contributed by atoms with Gasteiger partial charge in [-0.2, -0.15) is 8.42 Å². The van der Waals surface area contributed by atoms with Crippen molar-refractivity contribution in [1.82, 2.24) is 0 Å². The monoisotopic (exact) mass is 467 g/mol. The lowest BCUT2D eigenvalue weighted by atomic mass is 9.80. The Morgan fingerprint density at radius 3 is 2.09 bits per heavy atom. The molecule has 174 valence electrons. The standard InChI is InChI=1S/C26H29NO5S/c1-2-31-26(28)18-22(19-27)25(17-20-9-5-3-6-10-20)21-13-15-23(16-14-21)32-33(29,30)24-11-7-4-8-12-24/h3-16,22,25H,2,17-19,27H2,1H3. The molecule has 3 aromatic carbocycles. The van der Waals surface area contributed by atoms with Crippen molar-refractivity contribution in [3.63, 3.8) is 0 Å². The van der Waals surface area contributed by atoms with Crippen molar-refractivity contribution in [3.8, 4) is 5.75 Å². The first kappa shape index (κ1) is 24.5. The molecule has 0 aliphatic heterocycles. The summed E-state index contributed by atoms with van der Waals surface area (Å²) in [5.74, 6) is -0.249. The number of benzene rings is 3. The van der Waals surface area contributed by atoms with Crippen molar-refractivity contribution in [2.45, 2.75) is 30.6 Å². The van der Waals surface area contributed by atoms with Crippen LogP contribution in [-0.2, 0) is 26.1 Å². The maximum atomic E-state index is 12.5. The van der Waals surface area contributed by atoms with Crippen LogP contribution in [0.4, 0.5) is 0 Å². The highest BCUT2D eigenvalue weighted by atomic mass is 32.2. The van der Waals surface area contributed by atoms with E-state index in [9.17, 15) is 13.2 Å². The molecule has 0 amide bonds. The molecule has 0 fully saturated rings. The molecule has 0 saturated heterocycles. The van der Waals surface area contributed by atoms with Crippen LogP contribution >= 0.6 is 0 Å². The molecule has 3 rings (SSSR count). The molecule has 0 saturated carbocycles. The molecule has 6 nitrogen and oxygen atoms in total. The molecular formula is C26H29NO5S. The normalized spacial score (nSPS) is 13.2. The lowest BCUT2D eigenvalue weighted by molar-refractivity contribution is -0.144. The summed E-state index contributed by atoms with van der Waals surface area (Å²) in [7, 11) is -3.92. The van der Waals surface area contributed by atoms with Gasteiger partial charge in [0.25, 0.3) is 0 Å². The third-order valence-corrected chi connectivity index (χ3v) is 6.71. The Balaban J connectivity index is 1.84. The lowest BCUT2D eigenvalue weighted by Crippen LogP contribution is -2.27. The van der Waals surface area contributed by atoms with Crippen LogP contribution in [0.3, 0.4) is 0 Å². The van der Waals surface area contributed by atoms with E-state index in [4.69, 9.17) is 14.7 Å². The summed E-state index contributed by atoms with van der Waals surface area (Å²) in [5, 5.41) is 0. The predicted octanol–water partition coefficient (Wildman–Crippen LogP) is 4.31. The summed E-state index contributed by atoms with van der Waals surface area (Å²) >= 11 is 0. The van der Waals surface area contributed by atoms with Crippen LogP contribution in [0.2, 0.25) is 0 Å². The molecule has 33 heavy (non-hydrogen) atoms. The van der Waals surface area contributed by atoms with Gasteiger partial charge in [0.15, 0.2) is 0 Å². The first-order valence-corrected chi connectivity index (χ1v) is 12.3. The van der Waals surface area contributed by atoms with Gasteiger partial charge in [-0.15, -0.1) is 0 Å². The van der Waals surface area contributed by atoms with Crippen molar-refractivity contribution < 1.29 is 22.1 Å². The van der Waals surface area contributed by atoms with Crippen LogP contribution in [0.25, 0.3) is 0 Å². The second-order valence-electron chi connectivity index (χ2n) is 7.72. The smallest absolute Gasteiger partial charge is 0.339 e. The number of hydrogen-bond donors (Lipinski definition) is 1. The van der Waals surface area contributed by atoms with Gasteiger partial charge in [0, 0.05) is 0 Å². The summed E-state index contributed by atoms with van der Waals surface area (Å²) in [4.78, 5) is 12.3. The Hall–Kier alpha value is -3.16. The number of nitrogens with two attached hydrogens (primary N) is 1. The Labute approximate surface area is 195 Å². The highest BCUT2D eigenvalue weighted by molar-refractivity contribution is 7.87. The summed E-state index contributed by atoms with van der Waals surface area (Å²) in [5.41, 5.74) is 8.14. The van der Waals surface area contributed by atoms with Crippen LogP contribution in [0.15, 0.2) is 89.8 Å². The number of ether oxygens (including phenoxy) is 1. The molecule has 7 heteroatoms. The van der Waals surface area contributed by atoms with Gasteiger partial charge in [-0.3, -0.25) is 4.79 Å². The van der Waals surface area contributed by atoms with Gasteiger partial charge in [-0.1, -0.05) is 60.7 Å². The fourth-order valence-corrected chi connectivity index (χ4v) is 4.73. The third kappa shape index (κ3) is 6.91. The van der Waals surface area contributed by atoms with Gasteiger partial charge >= 0.3 is 16.1 Å². The van der Waals surface area contributed by atoms with Crippen LogP contribution < -0.4 is 9.92 Å². The average Bonchev–Trinajstić information content (AvgIpc) is 2.83. The zero-order chi connectivity index (χ0) is 23.7. The summed E-state index contributed by atoms with van der Waals surface area (Å²) in [6.07, 6.45) is 0.896. The minimum Gasteiger partial charge on any atom is -0.466 e. The van der Waals surface area contributed by atoms with Gasteiger partial charge in [-0.05, 0) is 67.1 Å². The summed E-state index contributed by atoms with van der Waals surface area (Å²) < 4.78 is 35.5. The van der Waals surface area contributed by atoms with Gasteiger partial charge in [0.1, 0.15) is 10.6 Å². The van der Waals surface area contributed by atoms with Crippen molar-refractivity contribution >= 4 is 16.1 Å². The molecule has 0 aromatic heterocycles. The van der Waals surface area contributed by atoms with Gasteiger partial charge in [0.05, 0.1) is 13.0 Å². The summed E-state index contributed by atoms with van der Waals surface area (Å²) in [6.45, 7) is 2.41. The van der Waals surface area contributed by atoms with Crippen LogP contribution in [0, 0.1) is 5.92 Å². The fraction of sp³-hybridized carbons (Fsp3) is 0.269. The number of rotatable bonds is 11. The molecule has 2 unspecified atom stereocenters. The highest BCUT2D eigenvalue weighted by Gasteiger charge is 2.26. The predicted molar refractivity (Wildman–Crippen MR) is 127 cm³/mol. The Morgan fingerprint density at radius 1 is 0.909 bits per heavy atom. The zero-order valence-corrected chi connectivity index (χ0v) is 19.4. The SMILES string of the molecule is CCOC(=O)CC(CN)C(Cc1ccccc1)c1ccc(OS(=O)(=O)c2ccccc2)cc1. The molecule has 0 radical (unpaired) electrons. The zero-order valence-electron chi connectivity index (χ0n) is 18.6. The maximum absolute atomic E-state index is 12.5. The second-order valence-corrected chi connectivity index (χ2v) is 9.27. The molecule has 0 aliphatic carbocycles. The van der Waals surface area contributed by atoms with Crippen molar-refractivity contribution in [2.75, 3.05) is 13.2 Å². The van der Waals surface area contributed by atoms with Crippen LogP contribution in [-0.4, -0.2) is 27.5 Å². The van der Waals surface area contributed by atoms with Gasteiger partial charge < -0.3 is 14.7 Å². The van der Waals surface area contributed by atoms with E-state index in [0.717, 1.165) is 11.1 Å². The lowest BCUT2D eigenvalue weighted by Gasteiger charge is -2.26. The minimum atomic E-state index is -3.92. The van der Waals surface area contributed by atoms with Gasteiger partial charge in [0.2, 0.25) is 0 Å². The van der Waals surface area contributed by atoms with E-state index in [1.807, 2.05) is 42.5 Å². The van der Waals surface area contributed by atoms with Gasteiger partial charge in [-0.25, -0.2) is 0 Å². The van der Waals surface area contributed by atoms with E-state index in [0.29, 0.717) is 19.6 Å². The third-order valence-electron chi connectivity index (χ3n) is 5.45. The Morgan fingerprint density at radius 2 is 1.52 bits per heavy atom. The minimum absolute atomic E-state index is 0.0541. The molecule has 0 aliphatic rings. The molecule has 0 heterocycles. The van der Waals surface area contributed by atoms with Crippen LogP contribution in [0.5, 0.6) is 5.75 Å². The second kappa shape index (κ2) is 11.6.